The minimum Gasteiger partial charge on any atom is -0.481 e. The summed E-state index contributed by atoms with van der Waals surface area (Å²) in [6.45, 7) is 2.43. The van der Waals surface area contributed by atoms with Crippen LogP contribution in [0.4, 0.5) is 0 Å². The molecule has 0 amide bonds. The summed E-state index contributed by atoms with van der Waals surface area (Å²) in [5, 5.41) is 9.33. The van der Waals surface area contributed by atoms with E-state index < -0.39 is 5.97 Å². The second kappa shape index (κ2) is 7.68. The Morgan fingerprint density at radius 3 is 2.77 bits per heavy atom. The Morgan fingerprint density at radius 2 is 1.92 bits per heavy atom. The highest BCUT2D eigenvalue weighted by atomic mass is 32.2. The fourth-order valence-corrected chi connectivity index (χ4v) is 4.96. The van der Waals surface area contributed by atoms with Crippen molar-refractivity contribution in [2.75, 3.05) is 19.6 Å². The van der Waals surface area contributed by atoms with Crippen LogP contribution in [0.15, 0.2) is 59.5 Å². The standard InChI is InChI=1S/C22H23NO2S/c24-22(25)16-7-5-12-23(14-16)13-11-19-18-8-2-1-6-17(18)15-26-21-10-4-3-9-20(19)21/h1-4,6,8-11,16H,5,7,12-15H2,(H,24,25). The smallest absolute Gasteiger partial charge is 0.307 e. The van der Waals surface area contributed by atoms with Gasteiger partial charge in [-0.2, -0.15) is 0 Å². The molecule has 1 N–H and O–H groups in total. The van der Waals surface area contributed by atoms with E-state index in [2.05, 4.69) is 59.5 Å². The molecule has 26 heavy (non-hydrogen) atoms. The van der Waals surface area contributed by atoms with E-state index in [0.717, 1.165) is 31.7 Å². The molecule has 134 valence electrons. The summed E-state index contributed by atoms with van der Waals surface area (Å²) in [6, 6.07) is 17.2. The summed E-state index contributed by atoms with van der Waals surface area (Å²) in [6.07, 6.45) is 4.06. The molecule has 3 nitrogen and oxygen atoms in total. The van der Waals surface area contributed by atoms with Gasteiger partial charge in [-0.25, -0.2) is 0 Å². The molecule has 0 aromatic heterocycles. The average molecular weight is 365 g/mol. The normalized spacial score (nSPS) is 21.7. The van der Waals surface area contributed by atoms with E-state index in [4.69, 9.17) is 0 Å². The number of fused-ring (bicyclic) bond motifs is 2. The molecule has 2 aromatic carbocycles. The SMILES string of the molecule is O=C(O)C1CCCN(CC=C2c3ccccc3CSc3ccccc32)C1. The molecule has 2 aliphatic rings. The zero-order chi connectivity index (χ0) is 17.9. The topological polar surface area (TPSA) is 40.5 Å². The highest BCUT2D eigenvalue weighted by Crippen LogP contribution is 2.39. The van der Waals surface area contributed by atoms with E-state index in [1.54, 1.807) is 0 Å². The molecule has 1 saturated heterocycles. The highest BCUT2D eigenvalue weighted by Gasteiger charge is 2.25. The number of thioether (sulfide) groups is 1. The molecule has 4 heteroatoms. The summed E-state index contributed by atoms with van der Waals surface area (Å²) in [5.41, 5.74) is 5.23. The Kier molecular flexibility index (Phi) is 5.14. The van der Waals surface area contributed by atoms with Crippen molar-refractivity contribution < 1.29 is 9.90 Å². The van der Waals surface area contributed by atoms with Crippen LogP contribution in [0.5, 0.6) is 0 Å². The van der Waals surface area contributed by atoms with Crippen molar-refractivity contribution >= 4 is 23.3 Å². The number of hydrogen-bond acceptors (Lipinski definition) is 3. The Bertz CT molecular complexity index is 796. The van der Waals surface area contributed by atoms with E-state index >= 15 is 0 Å². The second-order valence-corrected chi connectivity index (χ2v) is 8.01. The third-order valence-electron chi connectivity index (χ3n) is 5.28. The number of piperidine rings is 1. The minimum atomic E-state index is -0.663. The fraction of sp³-hybridized carbons (Fsp3) is 0.318. The number of likely N-dealkylation sites (tertiary alicyclic amines) is 1. The first kappa shape index (κ1) is 17.4. The molecule has 0 radical (unpaired) electrons. The largest absolute Gasteiger partial charge is 0.481 e. The summed E-state index contributed by atoms with van der Waals surface area (Å²) in [5.74, 6) is 0.0883. The molecule has 2 aromatic rings. The number of carboxylic acids is 1. The number of carbonyl (C=O) groups is 1. The predicted octanol–water partition coefficient (Wildman–Crippen LogP) is 4.52. The number of hydrogen-bond donors (Lipinski definition) is 1. The van der Waals surface area contributed by atoms with Crippen molar-refractivity contribution in [1.29, 1.82) is 0 Å². The maximum absolute atomic E-state index is 11.3. The van der Waals surface area contributed by atoms with Crippen LogP contribution < -0.4 is 0 Å². The van der Waals surface area contributed by atoms with Gasteiger partial charge in [-0.05, 0) is 47.7 Å². The Labute approximate surface area is 158 Å². The Hall–Kier alpha value is -2.04. The van der Waals surface area contributed by atoms with E-state index in [1.165, 1.54) is 27.2 Å². The van der Waals surface area contributed by atoms with Gasteiger partial charge in [-0.15, -0.1) is 11.8 Å². The first-order valence-electron chi connectivity index (χ1n) is 9.18. The van der Waals surface area contributed by atoms with E-state index in [0.29, 0.717) is 6.54 Å². The molecule has 2 aliphatic heterocycles. The van der Waals surface area contributed by atoms with E-state index in [1.807, 2.05) is 11.8 Å². The van der Waals surface area contributed by atoms with Crippen LogP contribution in [-0.2, 0) is 10.5 Å². The number of nitrogens with zero attached hydrogens (tertiary/aromatic N) is 1. The molecule has 1 atom stereocenters. The molecular weight excluding hydrogens is 342 g/mol. The van der Waals surface area contributed by atoms with E-state index in [-0.39, 0.29) is 5.92 Å². The lowest BCUT2D eigenvalue weighted by Gasteiger charge is -2.30. The number of aliphatic carboxylic acids is 1. The molecular formula is C22H23NO2S. The van der Waals surface area contributed by atoms with Crippen molar-refractivity contribution in [3.05, 3.63) is 71.3 Å². The molecule has 0 aliphatic carbocycles. The van der Waals surface area contributed by atoms with Gasteiger partial charge in [-0.1, -0.05) is 48.5 Å². The first-order valence-corrected chi connectivity index (χ1v) is 10.2. The van der Waals surface area contributed by atoms with Gasteiger partial charge in [0.1, 0.15) is 0 Å². The fourth-order valence-electron chi connectivity index (χ4n) is 3.89. The van der Waals surface area contributed by atoms with Crippen LogP contribution >= 0.6 is 11.8 Å². The van der Waals surface area contributed by atoms with Crippen molar-refractivity contribution in [3.63, 3.8) is 0 Å². The van der Waals surface area contributed by atoms with Crippen LogP contribution in [0, 0.1) is 5.92 Å². The molecule has 0 saturated carbocycles. The summed E-state index contributed by atoms with van der Waals surface area (Å²) < 4.78 is 0. The number of rotatable bonds is 3. The van der Waals surface area contributed by atoms with Crippen molar-refractivity contribution in [1.82, 2.24) is 4.90 Å². The quantitative estimate of drug-likeness (QED) is 0.868. The first-order chi connectivity index (χ1) is 12.7. The van der Waals surface area contributed by atoms with Gasteiger partial charge in [-0.3, -0.25) is 9.69 Å². The monoisotopic (exact) mass is 365 g/mol. The van der Waals surface area contributed by atoms with Gasteiger partial charge in [0.25, 0.3) is 0 Å². The van der Waals surface area contributed by atoms with Gasteiger partial charge in [0.15, 0.2) is 0 Å². The van der Waals surface area contributed by atoms with Crippen molar-refractivity contribution in [2.24, 2.45) is 5.92 Å². The Morgan fingerprint density at radius 1 is 1.15 bits per heavy atom. The third-order valence-corrected chi connectivity index (χ3v) is 6.40. The third kappa shape index (κ3) is 3.57. The molecule has 0 bridgehead atoms. The molecule has 4 rings (SSSR count). The van der Waals surface area contributed by atoms with Gasteiger partial charge >= 0.3 is 5.97 Å². The van der Waals surface area contributed by atoms with Gasteiger partial charge in [0.2, 0.25) is 0 Å². The highest BCUT2D eigenvalue weighted by molar-refractivity contribution is 7.98. The zero-order valence-electron chi connectivity index (χ0n) is 14.7. The average Bonchev–Trinajstić information content (AvgIpc) is 2.83. The summed E-state index contributed by atoms with van der Waals surface area (Å²) in [4.78, 5) is 14.9. The zero-order valence-corrected chi connectivity index (χ0v) is 15.5. The summed E-state index contributed by atoms with van der Waals surface area (Å²) in [7, 11) is 0. The van der Waals surface area contributed by atoms with Crippen molar-refractivity contribution in [2.45, 2.75) is 23.5 Å². The number of benzene rings is 2. The molecule has 2 heterocycles. The van der Waals surface area contributed by atoms with Crippen LogP contribution in [0.3, 0.4) is 0 Å². The maximum atomic E-state index is 11.3. The maximum Gasteiger partial charge on any atom is 0.307 e. The van der Waals surface area contributed by atoms with Crippen molar-refractivity contribution in [3.8, 4) is 0 Å². The van der Waals surface area contributed by atoms with Gasteiger partial charge in [0.05, 0.1) is 5.92 Å². The molecule has 0 spiro atoms. The van der Waals surface area contributed by atoms with Crippen LogP contribution in [0.2, 0.25) is 0 Å². The van der Waals surface area contributed by atoms with E-state index in [9.17, 15) is 9.90 Å². The predicted molar refractivity (Wildman–Crippen MR) is 106 cm³/mol. The lowest BCUT2D eigenvalue weighted by atomic mass is 9.93. The molecule has 1 unspecified atom stereocenters. The lowest BCUT2D eigenvalue weighted by Crippen LogP contribution is -2.38. The lowest BCUT2D eigenvalue weighted by molar-refractivity contribution is -0.143. The van der Waals surface area contributed by atoms with Gasteiger partial charge < -0.3 is 5.11 Å². The summed E-state index contributed by atoms with van der Waals surface area (Å²) >= 11 is 1.89. The minimum absolute atomic E-state index is 0.230. The number of carboxylic acid groups (broad SMARTS) is 1. The van der Waals surface area contributed by atoms with Crippen LogP contribution in [0.1, 0.15) is 29.5 Å². The van der Waals surface area contributed by atoms with Crippen LogP contribution in [0.25, 0.3) is 5.57 Å². The van der Waals surface area contributed by atoms with Gasteiger partial charge in [0, 0.05) is 23.7 Å². The molecule has 1 fully saturated rings. The Balaban J connectivity index is 1.66. The van der Waals surface area contributed by atoms with Crippen LogP contribution in [-0.4, -0.2) is 35.6 Å². The second-order valence-electron chi connectivity index (χ2n) is 7.00.